The first-order valence-electron chi connectivity index (χ1n) is 9.37. The maximum Gasteiger partial charge on any atom is 0.169 e. The van der Waals surface area contributed by atoms with Gasteiger partial charge in [0.1, 0.15) is 0 Å². The molecule has 1 saturated carbocycles. The minimum atomic E-state index is 0.306. The van der Waals surface area contributed by atoms with E-state index in [4.69, 9.17) is 17.0 Å². The van der Waals surface area contributed by atoms with E-state index in [0.29, 0.717) is 12.1 Å². The van der Waals surface area contributed by atoms with Gasteiger partial charge in [0.05, 0.1) is 6.10 Å². The minimum absolute atomic E-state index is 0.306. The quantitative estimate of drug-likeness (QED) is 0.650. The zero-order valence-corrected chi connectivity index (χ0v) is 15.3. The molecule has 0 amide bonds. The first kappa shape index (κ1) is 17.6. The van der Waals surface area contributed by atoms with Crippen molar-refractivity contribution in [3.05, 3.63) is 30.1 Å². The number of ether oxygens (including phenoxy) is 1. The van der Waals surface area contributed by atoms with E-state index in [1.165, 1.54) is 44.1 Å². The zero-order chi connectivity index (χ0) is 16.6. The van der Waals surface area contributed by atoms with Crippen molar-refractivity contribution in [2.75, 3.05) is 13.2 Å². The largest absolute Gasteiger partial charge is 0.376 e. The third-order valence-electron chi connectivity index (χ3n) is 5.04. The van der Waals surface area contributed by atoms with E-state index < -0.39 is 0 Å². The molecule has 1 aromatic heterocycles. The average molecular weight is 348 g/mol. The molecule has 132 valence electrons. The van der Waals surface area contributed by atoms with Crippen LogP contribution >= 0.6 is 12.2 Å². The Bertz CT molecular complexity index is 497. The lowest BCUT2D eigenvalue weighted by molar-refractivity contribution is 0.0895. The molecule has 1 aliphatic carbocycles. The fourth-order valence-electron chi connectivity index (χ4n) is 3.65. The topological polar surface area (TPSA) is 37.4 Å². The van der Waals surface area contributed by atoms with Gasteiger partial charge in [-0.05, 0) is 55.6 Å². The summed E-state index contributed by atoms with van der Waals surface area (Å²) in [6.07, 6.45) is 14.1. The van der Waals surface area contributed by atoms with Crippen LogP contribution in [-0.2, 0) is 11.3 Å². The van der Waals surface area contributed by atoms with Crippen LogP contribution in [0.25, 0.3) is 0 Å². The van der Waals surface area contributed by atoms with Crippen molar-refractivity contribution in [3.63, 3.8) is 0 Å². The highest BCUT2D eigenvalue weighted by Crippen LogP contribution is 2.19. The van der Waals surface area contributed by atoms with Crippen LogP contribution in [-0.4, -0.2) is 40.3 Å². The molecule has 0 bridgehead atoms. The highest BCUT2D eigenvalue weighted by atomic mass is 32.1. The number of nitrogens with one attached hydrogen (secondary N) is 1. The smallest absolute Gasteiger partial charge is 0.169 e. The Hall–Kier alpha value is -1.20. The van der Waals surface area contributed by atoms with Gasteiger partial charge in [0.2, 0.25) is 0 Å². The van der Waals surface area contributed by atoms with Gasteiger partial charge in [-0.2, -0.15) is 0 Å². The molecule has 1 saturated heterocycles. The van der Waals surface area contributed by atoms with E-state index in [9.17, 15) is 0 Å². The molecular formula is C19H29N3OS. The van der Waals surface area contributed by atoms with Crippen LogP contribution in [0.3, 0.4) is 0 Å². The molecule has 1 aromatic rings. The Labute approximate surface area is 151 Å². The molecule has 1 aliphatic heterocycles. The molecule has 0 aromatic carbocycles. The standard InChI is InChI=1S/C19H29N3OS/c24-19(21-17-6-3-1-2-4-7-17)22(15-18-8-5-13-23-18)14-16-9-11-20-12-10-16/h9-12,17-18H,1-8,13-15H2,(H,21,24). The normalized spacial score (nSPS) is 22.1. The summed E-state index contributed by atoms with van der Waals surface area (Å²) >= 11 is 5.78. The Morgan fingerprint density at radius 3 is 2.54 bits per heavy atom. The summed E-state index contributed by atoms with van der Waals surface area (Å²) in [6.45, 7) is 2.58. The molecule has 24 heavy (non-hydrogen) atoms. The van der Waals surface area contributed by atoms with Crippen molar-refractivity contribution >= 4 is 17.3 Å². The fourth-order valence-corrected chi connectivity index (χ4v) is 3.96. The Morgan fingerprint density at radius 1 is 1.12 bits per heavy atom. The second-order valence-corrected chi connectivity index (χ2v) is 7.40. The van der Waals surface area contributed by atoms with Gasteiger partial charge in [-0.25, -0.2) is 0 Å². The highest BCUT2D eigenvalue weighted by Gasteiger charge is 2.22. The van der Waals surface area contributed by atoms with Crippen LogP contribution in [0.2, 0.25) is 0 Å². The van der Waals surface area contributed by atoms with Crippen LogP contribution in [0, 0.1) is 0 Å². The molecule has 2 fully saturated rings. The SMILES string of the molecule is S=C(NC1CCCCCC1)N(Cc1ccncc1)CC1CCCO1. The van der Waals surface area contributed by atoms with E-state index in [1.54, 1.807) is 0 Å². The minimum Gasteiger partial charge on any atom is -0.376 e. The fraction of sp³-hybridized carbons (Fsp3) is 0.684. The lowest BCUT2D eigenvalue weighted by atomic mass is 10.1. The molecule has 0 spiro atoms. The van der Waals surface area contributed by atoms with Gasteiger partial charge in [-0.3, -0.25) is 4.98 Å². The zero-order valence-electron chi connectivity index (χ0n) is 14.5. The summed E-state index contributed by atoms with van der Waals surface area (Å²) in [5, 5.41) is 4.52. The van der Waals surface area contributed by atoms with Crippen LogP contribution < -0.4 is 5.32 Å². The summed E-state index contributed by atoms with van der Waals surface area (Å²) in [7, 11) is 0. The first-order valence-corrected chi connectivity index (χ1v) is 9.78. The van der Waals surface area contributed by atoms with Crippen molar-refractivity contribution in [1.29, 1.82) is 0 Å². The average Bonchev–Trinajstić information content (AvgIpc) is 2.98. The van der Waals surface area contributed by atoms with Gasteiger partial charge in [0, 0.05) is 38.1 Å². The van der Waals surface area contributed by atoms with Crippen molar-refractivity contribution in [3.8, 4) is 0 Å². The van der Waals surface area contributed by atoms with Gasteiger partial charge in [-0.1, -0.05) is 25.7 Å². The predicted molar refractivity (Wildman–Crippen MR) is 101 cm³/mol. The van der Waals surface area contributed by atoms with Crippen LogP contribution in [0.15, 0.2) is 24.5 Å². The summed E-state index contributed by atoms with van der Waals surface area (Å²) < 4.78 is 5.84. The molecule has 2 heterocycles. The molecule has 3 rings (SSSR count). The van der Waals surface area contributed by atoms with E-state index in [2.05, 4.69) is 27.3 Å². The molecule has 1 N–H and O–H groups in total. The number of rotatable bonds is 5. The Morgan fingerprint density at radius 2 is 1.88 bits per heavy atom. The summed E-state index contributed by atoms with van der Waals surface area (Å²) in [4.78, 5) is 6.40. The second kappa shape index (κ2) is 9.33. The molecular weight excluding hydrogens is 318 g/mol. The Balaban J connectivity index is 1.61. The van der Waals surface area contributed by atoms with Crippen LogP contribution in [0.4, 0.5) is 0 Å². The number of nitrogens with zero attached hydrogens (tertiary/aromatic N) is 2. The van der Waals surface area contributed by atoms with Gasteiger partial charge in [0.25, 0.3) is 0 Å². The van der Waals surface area contributed by atoms with Crippen molar-refractivity contribution in [2.45, 2.75) is 70.1 Å². The predicted octanol–water partition coefficient (Wildman–Crippen LogP) is 3.66. The van der Waals surface area contributed by atoms with E-state index >= 15 is 0 Å². The third-order valence-corrected chi connectivity index (χ3v) is 5.42. The summed E-state index contributed by atoms with van der Waals surface area (Å²) in [5.74, 6) is 0. The highest BCUT2D eigenvalue weighted by molar-refractivity contribution is 7.80. The number of pyridine rings is 1. The molecule has 2 aliphatic rings. The van der Waals surface area contributed by atoms with E-state index in [-0.39, 0.29) is 0 Å². The lowest BCUT2D eigenvalue weighted by Gasteiger charge is -2.30. The van der Waals surface area contributed by atoms with Crippen molar-refractivity contribution in [2.24, 2.45) is 0 Å². The maximum atomic E-state index is 5.84. The third kappa shape index (κ3) is 5.42. The van der Waals surface area contributed by atoms with E-state index in [0.717, 1.165) is 37.7 Å². The van der Waals surface area contributed by atoms with Gasteiger partial charge in [-0.15, -0.1) is 0 Å². The van der Waals surface area contributed by atoms with Crippen LogP contribution in [0.1, 0.15) is 56.9 Å². The van der Waals surface area contributed by atoms with Gasteiger partial charge >= 0.3 is 0 Å². The van der Waals surface area contributed by atoms with Crippen LogP contribution in [0.5, 0.6) is 0 Å². The van der Waals surface area contributed by atoms with Crippen molar-refractivity contribution in [1.82, 2.24) is 15.2 Å². The lowest BCUT2D eigenvalue weighted by Crippen LogP contribution is -2.46. The summed E-state index contributed by atoms with van der Waals surface area (Å²) in [5.41, 5.74) is 1.24. The number of thiocarbonyl (C=S) groups is 1. The second-order valence-electron chi connectivity index (χ2n) is 7.01. The number of aromatic nitrogens is 1. The number of hydrogen-bond donors (Lipinski definition) is 1. The maximum absolute atomic E-state index is 5.84. The molecule has 0 radical (unpaired) electrons. The first-order chi connectivity index (χ1) is 11.8. The number of hydrogen-bond acceptors (Lipinski definition) is 3. The molecule has 1 atom stereocenters. The van der Waals surface area contributed by atoms with Crippen molar-refractivity contribution < 1.29 is 4.74 Å². The molecule has 5 heteroatoms. The molecule has 1 unspecified atom stereocenters. The monoisotopic (exact) mass is 347 g/mol. The summed E-state index contributed by atoms with van der Waals surface area (Å²) in [6, 6.07) is 4.66. The van der Waals surface area contributed by atoms with E-state index in [1.807, 2.05) is 12.4 Å². The van der Waals surface area contributed by atoms with Gasteiger partial charge < -0.3 is 15.0 Å². The molecule has 4 nitrogen and oxygen atoms in total. The van der Waals surface area contributed by atoms with Gasteiger partial charge in [0.15, 0.2) is 5.11 Å². The Kier molecular flexibility index (Phi) is 6.85.